The van der Waals surface area contributed by atoms with E-state index in [2.05, 4.69) is 46.7 Å². The molecular formula is C26H34N10O3S. The molecule has 2 aromatic heterocycles. The zero-order valence-corrected chi connectivity index (χ0v) is 23.5. The molecule has 2 saturated heterocycles. The molecule has 0 bridgehead atoms. The number of nitriles is 1. The highest BCUT2D eigenvalue weighted by Crippen LogP contribution is 2.28. The number of nitrogens with zero attached hydrogens (tertiary/aromatic N) is 7. The molecule has 14 heteroatoms. The average molecular weight is 567 g/mol. The van der Waals surface area contributed by atoms with Crippen LogP contribution < -0.4 is 14.9 Å². The van der Waals surface area contributed by atoms with Crippen LogP contribution in [0.3, 0.4) is 0 Å². The summed E-state index contributed by atoms with van der Waals surface area (Å²) in [6.07, 6.45) is 5.47. The van der Waals surface area contributed by atoms with E-state index >= 15 is 0 Å². The van der Waals surface area contributed by atoms with Crippen molar-refractivity contribution in [2.75, 3.05) is 63.9 Å². The van der Waals surface area contributed by atoms with E-state index < -0.39 is 10.0 Å². The van der Waals surface area contributed by atoms with Crippen molar-refractivity contribution in [1.82, 2.24) is 34.8 Å². The molecule has 1 atom stereocenters. The van der Waals surface area contributed by atoms with Gasteiger partial charge in [0.1, 0.15) is 17.8 Å². The third-order valence-corrected chi connectivity index (χ3v) is 8.66. The maximum absolute atomic E-state index is 13.0. The highest BCUT2D eigenvalue weighted by Gasteiger charge is 2.29. The van der Waals surface area contributed by atoms with Crippen molar-refractivity contribution in [3.63, 3.8) is 0 Å². The standard InChI is InChI=1S/C26H34N10O3S/c1-19-15-28-24-23(19)25(31-18-30-24)35-8-9-36(20(2)16-35)26(29-17-27)33-21-4-3-5-22(14-21)40(37,38)32-6-7-34-10-12-39-13-11-34/h3-5,14-15,18,20,32H,6-13,16H2,1-2H3,(H,29,33)(H,28,30,31). The molecule has 0 radical (unpaired) electrons. The lowest BCUT2D eigenvalue weighted by Gasteiger charge is -2.41. The van der Waals surface area contributed by atoms with Gasteiger partial charge in [0.05, 0.1) is 29.2 Å². The van der Waals surface area contributed by atoms with Crippen molar-refractivity contribution >= 4 is 38.5 Å². The van der Waals surface area contributed by atoms with E-state index in [9.17, 15) is 13.7 Å². The summed E-state index contributed by atoms with van der Waals surface area (Å²) in [5, 5.41) is 13.2. The van der Waals surface area contributed by atoms with Gasteiger partial charge in [-0.2, -0.15) is 5.26 Å². The average Bonchev–Trinajstić information content (AvgIpc) is 3.34. The Kier molecular flexibility index (Phi) is 8.46. The predicted octanol–water partition coefficient (Wildman–Crippen LogP) is 1.15. The number of H-pyrrole nitrogens is 1. The molecular weight excluding hydrogens is 532 g/mol. The Balaban J connectivity index is 1.29. The second kappa shape index (κ2) is 12.2. The minimum Gasteiger partial charge on any atom is -0.379 e. The van der Waals surface area contributed by atoms with Crippen LogP contribution in [0.2, 0.25) is 0 Å². The van der Waals surface area contributed by atoms with E-state index in [1.807, 2.05) is 24.2 Å². The van der Waals surface area contributed by atoms with Crippen LogP contribution in [0.1, 0.15) is 12.5 Å². The Morgan fingerprint density at radius 2 is 2.08 bits per heavy atom. The molecule has 0 aliphatic carbocycles. The number of sulfonamides is 1. The van der Waals surface area contributed by atoms with Gasteiger partial charge in [0, 0.05) is 58.1 Å². The fourth-order valence-corrected chi connectivity index (χ4v) is 6.17. The predicted molar refractivity (Wildman–Crippen MR) is 152 cm³/mol. The van der Waals surface area contributed by atoms with Gasteiger partial charge in [0.15, 0.2) is 6.19 Å². The zero-order valence-electron chi connectivity index (χ0n) is 22.7. The van der Waals surface area contributed by atoms with E-state index in [4.69, 9.17) is 4.74 Å². The number of anilines is 1. The van der Waals surface area contributed by atoms with Crippen molar-refractivity contribution in [2.45, 2.75) is 24.8 Å². The largest absolute Gasteiger partial charge is 0.379 e. The molecule has 40 heavy (non-hydrogen) atoms. The molecule has 5 rings (SSSR count). The van der Waals surface area contributed by atoms with Gasteiger partial charge in [-0.05, 0) is 37.6 Å². The Hall–Kier alpha value is -3.77. The van der Waals surface area contributed by atoms with Gasteiger partial charge in [0.25, 0.3) is 0 Å². The Bertz CT molecular complexity index is 1510. The normalized spacial score (nSPS) is 19.1. The summed E-state index contributed by atoms with van der Waals surface area (Å²) in [6.45, 7) is 9.83. The van der Waals surface area contributed by atoms with Gasteiger partial charge in [-0.15, -0.1) is 0 Å². The van der Waals surface area contributed by atoms with Crippen molar-refractivity contribution in [1.29, 1.82) is 5.26 Å². The van der Waals surface area contributed by atoms with Crippen molar-refractivity contribution in [3.8, 4) is 6.19 Å². The van der Waals surface area contributed by atoms with Crippen molar-refractivity contribution < 1.29 is 13.2 Å². The number of aromatic nitrogens is 3. The molecule has 2 fully saturated rings. The molecule has 3 N–H and O–H groups in total. The topological polar surface area (TPSA) is 155 Å². The summed E-state index contributed by atoms with van der Waals surface area (Å²) < 4.78 is 33.9. The number of aryl methyl sites for hydroxylation is 1. The summed E-state index contributed by atoms with van der Waals surface area (Å²) in [7, 11) is -3.72. The summed E-state index contributed by atoms with van der Waals surface area (Å²) >= 11 is 0. The lowest BCUT2D eigenvalue weighted by molar-refractivity contribution is 0.0390. The summed E-state index contributed by atoms with van der Waals surface area (Å²) in [5.41, 5.74) is 2.32. The third kappa shape index (κ3) is 6.18. The van der Waals surface area contributed by atoms with Crippen LogP contribution in [-0.4, -0.2) is 104 Å². The zero-order chi connectivity index (χ0) is 28.1. The van der Waals surface area contributed by atoms with E-state index in [0.717, 1.165) is 35.5 Å². The fourth-order valence-electron chi connectivity index (χ4n) is 5.10. The highest BCUT2D eigenvalue weighted by atomic mass is 32.2. The van der Waals surface area contributed by atoms with E-state index in [1.165, 1.54) is 6.07 Å². The number of ether oxygens (including phenoxy) is 1. The minimum atomic E-state index is -3.72. The molecule has 0 spiro atoms. The van der Waals surface area contributed by atoms with Gasteiger partial charge < -0.3 is 19.5 Å². The van der Waals surface area contributed by atoms with E-state index in [0.29, 0.717) is 57.6 Å². The Morgan fingerprint density at radius 3 is 2.85 bits per heavy atom. The number of rotatable bonds is 7. The van der Waals surface area contributed by atoms with Crippen LogP contribution in [0.5, 0.6) is 0 Å². The maximum Gasteiger partial charge on any atom is 0.240 e. The number of aromatic amines is 1. The SMILES string of the molecule is Cc1c[nH]c2ncnc(N3CCN(C(=Nc4cccc(S(=O)(=O)NCCN5CCOCC5)c4)NC#N)C(C)C3)c12. The summed E-state index contributed by atoms with van der Waals surface area (Å²) in [5.74, 6) is 1.25. The number of nitrogens with one attached hydrogen (secondary N) is 3. The number of piperazine rings is 1. The number of aliphatic imine (C=N–C) groups is 1. The quantitative estimate of drug-likeness (QED) is 0.164. The first-order valence-electron chi connectivity index (χ1n) is 13.3. The first-order valence-corrected chi connectivity index (χ1v) is 14.8. The number of fused-ring (bicyclic) bond motifs is 1. The maximum atomic E-state index is 13.0. The highest BCUT2D eigenvalue weighted by molar-refractivity contribution is 7.89. The first kappa shape index (κ1) is 27.8. The van der Waals surface area contributed by atoms with E-state index in [-0.39, 0.29) is 10.9 Å². The smallest absolute Gasteiger partial charge is 0.240 e. The van der Waals surface area contributed by atoms with Crippen LogP contribution in [0.15, 0.2) is 46.7 Å². The lowest BCUT2D eigenvalue weighted by Crippen LogP contribution is -2.56. The molecule has 1 unspecified atom stereocenters. The molecule has 4 heterocycles. The van der Waals surface area contributed by atoms with Gasteiger partial charge in [-0.3, -0.25) is 10.2 Å². The Morgan fingerprint density at radius 1 is 1.25 bits per heavy atom. The minimum absolute atomic E-state index is 0.00798. The molecule has 2 aliphatic heterocycles. The van der Waals surface area contributed by atoms with Gasteiger partial charge in [-0.1, -0.05) is 6.07 Å². The molecule has 2 aliphatic rings. The molecule has 0 saturated carbocycles. The molecule has 0 amide bonds. The van der Waals surface area contributed by atoms with Crippen LogP contribution in [0.4, 0.5) is 11.5 Å². The van der Waals surface area contributed by atoms with Crippen molar-refractivity contribution in [3.05, 3.63) is 42.4 Å². The van der Waals surface area contributed by atoms with Crippen molar-refractivity contribution in [2.24, 2.45) is 4.99 Å². The number of morpholine rings is 1. The van der Waals surface area contributed by atoms with Crippen LogP contribution in [0, 0.1) is 18.4 Å². The van der Waals surface area contributed by atoms with Gasteiger partial charge in [-0.25, -0.2) is 28.1 Å². The lowest BCUT2D eigenvalue weighted by atomic mass is 10.1. The summed E-state index contributed by atoms with van der Waals surface area (Å²) in [4.78, 5) is 23.2. The molecule has 1 aromatic carbocycles. The van der Waals surface area contributed by atoms with Crippen LogP contribution >= 0.6 is 0 Å². The molecule has 13 nitrogen and oxygen atoms in total. The third-order valence-electron chi connectivity index (χ3n) is 7.20. The second-order valence-corrected chi connectivity index (χ2v) is 11.7. The number of hydrogen-bond donors (Lipinski definition) is 3. The number of guanidine groups is 1. The van der Waals surface area contributed by atoms with Crippen LogP contribution in [-0.2, 0) is 14.8 Å². The van der Waals surface area contributed by atoms with Gasteiger partial charge >= 0.3 is 0 Å². The number of benzene rings is 1. The number of hydrogen-bond acceptors (Lipinski definition) is 9. The van der Waals surface area contributed by atoms with Gasteiger partial charge in [0.2, 0.25) is 16.0 Å². The molecule has 3 aromatic rings. The Labute approximate surface area is 233 Å². The first-order chi connectivity index (χ1) is 19.4. The molecule has 212 valence electrons. The van der Waals surface area contributed by atoms with E-state index in [1.54, 1.807) is 24.5 Å². The van der Waals surface area contributed by atoms with Crippen LogP contribution in [0.25, 0.3) is 11.0 Å². The monoisotopic (exact) mass is 566 g/mol. The summed E-state index contributed by atoms with van der Waals surface area (Å²) in [6, 6.07) is 6.43. The second-order valence-electron chi connectivity index (χ2n) is 9.90. The fraction of sp³-hybridized carbons (Fsp3) is 0.462.